The molecule has 0 saturated heterocycles. The van der Waals surface area contributed by atoms with Crippen molar-refractivity contribution in [1.82, 2.24) is 20.2 Å². The van der Waals surface area contributed by atoms with E-state index in [1.165, 1.54) is 11.3 Å². The van der Waals surface area contributed by atoms with Gasteiger partial charge in [0.05, 0.1) is 16.8 Å². The summed E-state index contributed by atoms with van der Waals surface area (Å²) in [5, 5.41) is 15.4. The molecular weight excluding hydrogens is 420 g/mol. The number of para-hydroxylation sites is 1. The Hall–Kier alpha value is -3.11. The zero-order chi connectivity index (χ0) is 20.7. The van der Waals surface area contributed by atoms with Crippen LogP contribution in [0.25, 0.3) is 10.2 Å². The Morgan fingerprint density at radius 2 is 2.13 bits per heavy atom. The molecule has 1 aliphatic heterocycles. The third-order valence-corrected chi connectivity index (χ3v) is 6.71. The van der Waals surface area contributed by atoms with Crippen LogP contribution < -0.4 is 10.2 Å². The van der Waals surface area contributed by atoms with Gasteiger partial charge in [-0.2, -0.15) is 0 Å². The maximum atomic E-state index is 11.9. The molecule has 0 fully saturated rings. The summed E-state index contributed by atoms with van der Waals surface area (Å²) >= 11 is 2.99. The largest absolute Gasteiger partial charge is 0.461 e. The van der Waals surface area contributed by atoms with E-state index in [0.717, 1.165) is 50.4 Å². The lowest BCUT2D eigenvalue weighted by Gasteiger charge is -2.15. The van der Waals surface area contributed by atoms with Gasteiger partial charge in [-0.15, -0.1) is 21.5 Å². The fraction of sp³-hybridized carbons (Fsp3) is 0.250. The minimum atomic E-state index is -0.405. The summed E-state index contributed by atoms with van der Waals surface area (Å²) in [5.41, 5.74) is 3.46. The number of carbonyl (C=O) groups is 1. The maximum absolute atomic E-state index is 11.9. The number of nitrogens with zero attached hydrogens (tertiary/aromatic N) is 5. The van der Waals surface area contributed by atoms with Gasteiger partial charge in [0, 0.05) is 23.1 Å². The molecule has 4 heterocycles. The van der Waals surface area contributed by atoms with Gasteiger partial charge in [0.25, 0.3) is 0 Å². The summed E-state index contributed by atoms with van der Waals surface area (Å²) in [6.07, 6.45) is 0.833. The second-order valence-corrected chi connectivity index (χ2v) is 8.59. The van der Waals surface area contributed by atoms with Gasteiger partial charge in [0.1, 0.15) is 0 Å². The first-order valence-electron chi connectivity index (χ1n) is 9.53. The SMILES string of the molecule is CCOC(=O)c1csc(N2CCc3c2nnc(Nc2nc4ccccc4s2)c3C)n1. The van der Waals surface area contributed by atoms with E-state index in [4.69, 9.17) is 4.74 Å². The number of nitrogens with one attached hydrogen (secondary N) is 1. The van der Waals surface area contributed by atoms with Crippen molar-refractivity contribution in [2.45, 2.75) is 20.3 Å². The first-order chi connectivity index (χ1) is 14.6. The van der Waals surface area contributed by atoms with E-state index in [0.29, 0.717) is 18.1 Å². The average molecular weight is 439 g/mol. The van der Waals surface area contributed by atoms with E-state index in [1.54, 1.807) is 23.6 Å². The molecular formula is C20H18N6O2S2. The normalized spacial score (nSPS) is 12.9. The van der Waals surface area contributed by atoms with Crippen LogP contribution in [-0.4, -0.2) is 39.3 Å². The van der Waals surface area contributed by atoms with Gasteiger partial charge in [-0.1, -0.05) is 23.5 Å². The summed E-state index contributed by atoms with van der Waals surface area (Å²) < 4.78 is 6.16. The Morgan fingerprint density at radius 3 is 2.97 bits per heavy atom. The maximum Gasteiger partial charge on any atom is 0.357 e. The zero-order valence-electron chi connectivity index (χ0n) is 16.4. The number of fused-ring (bicyclic) bond motifs is 2. The van der Waals surface area contributed by atoms with Crippen molar-refractivity contribution in [3.63, 3.8) is 0 Å². The Bertz CT molecular complexity index is 1220. The average Bonchev–Trinajstić information content (AvgIpc) is 3.47. The van der Waals surface area contributed by atoms with Gasteiger partial charge in [-0.3, -0.25) is 0 Å². The van der Waals surface area contributed by atoms with E-state index in [2.05, 4.69) is 31.5 Å². The molecule has 0 atom stereocenters. The topological polar surface area (TPSA) is 93.1 Å². The number of aromatic nitrogens is 4. The summed E-state index contributed by atoms with van der Waals surface area (Å²) in [5.74, 6) is 1.09. The summed E-state index contributed by atoms with van der Waals surface area (Å²) in [6, 6.07) is 8.03. The number of hydrogen-bond donors (Lipinski definition) is 1. The molecule has 0 radical (unpaired) electrons. The second kappa shape index (κ2) is 7.62. The van der Waals surface area contributed by atoms with E-state index in [-0.39, 0.29) is 0 Å². The van der Waals surface area contributed by atoms with Crippen LogP contribution in [0.4, 0.5) is 21.9 Å². The van der Waals surface area contributed by atoms with Crippen molar-refractivity contribution in [3.8, 4) is 0 Å². The highest BCUT2D eigenvalue weighted by Crippen LogP contribution is 2.38. The molecule has 152 valence electrons. The highest BCUT2D eigenvalue weighted by molar-refractivity contribution is 7.22. The number of anilines is 4. The Labute approximate surface area is 180 Å². The molecule has 0 unspecified atom stereocenters. The van der Waals surface area contributed by atoms with Crippen LogP contribution in [0.3, 0.4) is 0 Å². The van der Waals surface area contributed by atoms with Crippen LogP contribution in [0.1, 0.15) is 28.5 Å². The van der Waals surface area contributed by atoms with Crippen molar-refractivity contribution in [1.29, 1.82) is 0 Å². The first-order valence-corrected chi connectivity index (χ1v) is 11.2. The third-order valence-electron chi connectivity index (χ3n) is 4.89. The predicted molar refractivity (Wildman–Crippen MR) is 118 cm³/mol. The molecule has 4 aromatic rings. The molecule has 1 aliphatic rings. The smallest absolute Gasteiger partial charge is 0.357 e. The second-order valence-electron chi connectivity index (χ2n) is 6.72. The number of thiazole rings is 2. The van der Waals surface area contributed by atoms with Crippen LogP contribution >= 0.6 is 22.7 Å². The number of carbonyl (C=O) groups excluding carboxylic acids is 1. The van der Waals surface area contributed by atoms with Crippen molar-refractivity contribution in [3.05, 3.63) is 46.5 Å². The van der Waals surface area contributed by atoms with Gasteiger partial charge in [0.15, 0.2) is 27.6 Å². The lowest BCUT2D eigenvalue weighted by molar-refractivity contribution is 0.0520. The van der Waals surface area contributed by atoms with E-state index in [9.17, 15) is 4.79 Å². The van der Waals surface area contributed by atoms with Crippen molar-refractivity contribution in [2.24, 2.45) is 0 Å². The zero-order valence-corrected chi connectivity index (χ0v) is 18.0. The van der Waals surface area contributed by atoms with E-state index < -0.39 is 5.97 Å². The molecule has 0 spiro atoms. The molecule has 0 bridgehead atoms. The minimum Gasteiger partial charge on any atom is -0.461 e. The van der Waals surface area contributed by atoms with E-state index in [1.807, 2.05) is 30.0 Å². The fourth-order valence-electron chi connectivity index (χ4n) is 3.41. The predicted octanol–water partition coefficient (Wildman–Crippen LogP) is 4.47. The van der Waals surface area contributed by atoms with Crippen LogP contribution in [0.15, 0.2) is 29.6 Å². The molecule has 8 nitrogen and oxygen atoms in total. The third kappa shape index (κ3) is 3.27. The number of ether oxygens (including phenoxy) is 1. The van der Waals surface area contributed by atoms with Crippen molar-refractivity contribution in [2.75, 3.05) is 23.4 Å². The highest BCUT2D eigenvalue weighted by atomic mass is 32.1. The fourth-order valence-corrected chi connectivity index (χ4v) is 5.09. The van der Waals surface area contributed by atoms with Crippen LogP contribution in [0.2, 0.25) is 0 Å². The molecule has 30 heavy (non-hydrogen) atoms. The Morgan fingerprint density at radius 1 is 1.27 bits per heavy atom. The molecule has 1 N–H and O–H groups in total. The summed E-state index contributed by atoms with van der Waals surface area (Å²) in [6.45, 7) is 4.89. The molecule has 3 aromatic heterocycles. The van der Waals surface area contributed by atoms with Crippen molar-refractivity contribution >= 4 is 60.8 Å². The quantitative estimate of drug-likeness (QED) is 0.456. The van der Waals surface area contributed by atoms with Gasteiger partial charge >= 0.3 is 5.97 Å². The van der Waals surface area contributed by atoms with Crippen LogP contribution in [0.5, 0.6) is 0 Å². The van der Waals surface area contributed by atoms with Gasteiger partial charge in [-0.25, -0.2) is 14.8 Å². The number of rotatable bonds is 5. The van der Waals surface area contributed by atoms with Gasteiger partial charge in [0.2, 0.25) is 0 Å². The van der Waals surface area contributed by atoms with E-state index >= 15 is 0 Å². The van der Waals surface area contributed by atoms with Crippen LogP contribution in [0, 0.1) is 6.92 Å². The summed E-state index contributed by atoms with van der Waals surface area (Å²) in [7, 11) is 0. The molecule has 0 amide bonds. The van der Waals surface area contributed by atoms with Crippen LogP contribution in [-0.2, 0) is 11.2 Å². The van der Waals surface area contributed by atoms with Gasteiger partial charge < -0.3 is 15.0 Å². The standard InChI is InChI=1S/C20H18N6O2S2/c1-3-28-18(27)14-10-29-20(22-14)26-9-8-12-11(2)16(24-25-17(12)26)23-19-21-13-6-4-5-7-15(13)30-19/h4-7,10H,3,8-9H2,1-2H3,(H,21,23,24). The molecule has 10 heteroatoms. The monoisotopic (exact) mass is 438 g/mol. The number of esters is 1. The molecule has 5 rings (SSSR count). The summed E-state index contributed by atoms with van der Waals surface area (Å²) in [4.78, 5) is 23.0. The van der Waals surface area contributed by atoms with Gasteiger partial charge in [-0.05, 0) is 32.4 Å². The molecule has 0 saturated carbocycles. The lowest BCUT2D eigenvalue weighted by Crippen LogP contribution is -2.15. The number of benzene rings is 1. The molecule has 1 aromatic carbocycles. The number of hydrogen-bond acceptors (Lipinski definition) is 10. The lowest BCUT2D eigenvalue weighted by atomic mass is 10.1. The first kappa shape index (κ1) is 18.9. The minimum absolute atomic E-state index is 0.323. The Balaban J connectivity index is 1.41. The highest BCUT2D eigenvalue weighted by Gasteiger charge is 2.28. The van der Waals surface area contributed by atoms with Crippen molar-refractivity contribution < 1.29 is 9.53 Å². The molecule has 0 aliphatic carbocycles. The Kier molecular flexibility index (Phi) is 4.80.